The van der Waals surface area contributed by atoms with E-state index in [0.29, 0.717) is 22.4 Å². The van der Waals surface area contributed by atoms with Crippen molar-refractivity contribution in [3.05, 3.63) is 95.0 Å². The first-order chi connectivity index (χ1) is 14.2. The van der Waals surface area contributed by atoms with Crippen LogP contribution in [0.5, 0.6) is 0 Å². The van der Waals surface area contributed by atoms with Crippen LogP contribution in [0.1, 0.15) is 5.56 Å². The molecule has 0 spiro atoms. The van der Waals surface area contributed by atoms with Crippen LogP contribution in [-0.4, -0.2) is 21.2 Å². The largest absolute Gasteiger partial charge is 0.422 e. The first-order valence-electron chi connectivity index (χ1n) is 9.03. The van der Waals surface area contributed by atoms with Gasteiger partial charge in [-0.15, -0.1) is 0 Å². The van der Waals surface area contributed by atoms with Gasteiger partial charge < -0.3 is 9.62 Å². The second kappa shape index (κ2) is 6.76. The minimum Gasteiger partial charge on any atom is -0.422 e. The predicted molar refractivity (Wildman–Crippen MR) is 112 cm³/mol. The third kappa shape index (κ3) is 2.87. The maximum Gasteiger partial charge on any atom is 0.345 e. The Bertz CT molecular complexity index is 1430. The monoisotopic (exact) mass is 381 g/mol. The normalized spacial score (nSPS) is 11.6. The van der Waals surface area contributed by atoms with E-state index >= 15 is 0 Å². The Morgan fingerprint density at radius 2 is 1.76 bits per heavy atom. The van der Waals surface area contributed by atoms with Gasteiger partial charge in [0.25, 0.3) is 0 Å². The van der Waals surface area contributed by atoms with Crippen molar-refractivity contribution < 1.29 is 9.62 Å². The molecule has 0 amide bonds. The lowest BCUT2D eigenvalue weighted by Gasteiger charge is -2.05. The zero-order valence-corrected chi connectivity index (χ0v) is 15.2. The molecule has 5 rings (SSSR count). The topological polar surface area (TPSA) is 80.6 Å². The summed E-state index contributed by atoms with van der Waals surface area (Å²) >= 11 is 0. The van der Waals surface area contributed by atoms with Crippen LogP contribution in [0, 0.1) is 0 Å². The molecule has 0 aliphatic rings. The van der Waals surface area contributed by atoms with E-state index in [4.69, 9.17) is 9.62 Å². The van der Waals surface area contributed by atoms with E-state index in [1.807, 2.05) is 60.7 Å². The molecule has 140 valence electrons. The Balaban J connectivity index is 1.79. The fourth-order valence-corrected chi connectivity index (χ4v) is 3.50. The van der Waals surface area contributed by atoms with Gasteiger partial charge in [-0.1, -0.05) is 53.7 Å². The second-order valence-electron chi connectivity index (χ2n) is 6.60. The standard InChI is InChI=1S/C23H15N3O3/c27-23-20(12-19-18-9-5-4-6-15(18)10-11-21(19)29-23)22-16(13-24-28)14-26(25-22)17-7-2-1-3-8-17/h1-14,28H/b24-13-. The van der Waals surface area contributed by atoms with Crippen LogP contribution in [-0.2, 0) is 0 Å². The van der Waals surface area contributed by atoms with Gasteiger partial charge in [0.1, 0.15) is 11.3 Å². The molecule has 0 saturated carbocycles. The average molecular weight is 381 g/mol. The first-order valence-corrected chi connectivity index (χ1v) is 9.03. The number of nitrogens with zero attached hydrogens (tertiary/aromatic N) is 3. The summed E-state index contributed by atoms with van der Waals surface area (Å²) in [7, 11) is 0. The minimum absolute atomic E-state index is 0.304. The van der Waals surface area contributed by atoms with Crippen molar-refractivity contribution in [1.29, 1.82) is 0 Å². The van der Waals surface area contributed by atoms with Gasteiger partial charge in [-0.25, -0.2) is 9.48 Å². The van der Waals surface area contributed by atoms with Crippen LogP contribution in [0.25, 0.3) is 38.7 Å². The van der Waals surface area contributed by atoms with Crippen molar-refractivity contribution in [2.45, 2.75) is 0 Å². The van der Waals surface area contributed by atoms with Gasteiger partial charge in [0, 0.05) is 17.1 Å². The number of rotatable bonds is 3. The Morgan fingerprint density at radius 3 is 2.59 bits per heavy atom. The second-order valence-corrected chi connectivity index (χ2v) is 6.60. The van der Waals surface area contributed by atoms with E-state index in [-0.39, 0.29) is 0 Å². The van der Waals surface area contributed by atoms with E-state index in [9.17, 15) is 4.79 Å². The maximum absolute atomic E-state index is 12.7. The number of oxime groups is 1. The summed E-state index contributed by atoms with van der Waals surface area (Å²) in [5.41, 5.74) is 2.02. The van der Waals surface area contributed by atoms with Crippen LogP contribution in [0.4, 0.5) is 0 Å². The molecule has 1 N–H and O–H groups in total. The summed E-state index contributed by atoms with van der Waals surface area (Å²) in [4.78, 5) is 12.7. The van der Waals surface area contributed by atoms with Crippen molar-refractivity contribution in [2.75, 3.05) is 0 Å². The number of hydrogen-bond acceptors (Lipinski definition) is 5. The zero-order valence-electron chi connectivity index (χ0n) is 15.2. The number of benzene rings is 3. The third-order valence-electron chi connectivity index (χ3n) is 4.86. The number of fused-ring (bicyclic) bond motifs is 3. The van der Waals surface area contributed by atoms with Gasteiger partial charge in [-0.2, -0.15) is 5.10 Å². The molecule has 0 aliphatic heterocycles. The fraction of sp³-hybridized carbons (Fsp3) is 0. The van der Waals surface area contributed by atoms with Crippen molar-refractivity contribution in [1.82, 2.24) is 9.78 Å². The van der Waals surface area contributed by atoms with E-state index in [1.54, 1.807) is 23.0 Å². The minimum atomic E-state index is -0.501. The van der Waals surface area contributed by atoms with Crippen molar-refractivity contribution >= 4 is 28.0 Å². The van der Waals surface area contributed by atoms with Gasteiger partial charge in [0.2, 0.25) is 0 Å². The molecule has 6 nitrogen and oxygen atoms in total. The lowest BCUT2D eigenvalue weighted by Crippen LogP contribution is -2.05. The summed E-state index contributed by atoms with van der Waals surface area (Å²) in [6.07, 6.45) is 2.96. The Kier molecular flexibility index (Phi) is 3.95. The van der Waals surface area contributed by atoms with E-state index in [2.05, 4.69) is 10.3 Å². The molecule has 0 atom stereocenters. The fourth-order valence-electron chi connectivity index (χ4n) is 3.50. The molecule has 5 aromatic rings. The van der Waals surface area contributed by atoms with Crippen molar-refractivity contribution in [3.8, 4) is 16.9 Å². The highest BCUT2D eigenvalue weighted by Gasteiger charge is 2.17. The van der Waals surface area contributed by atoms with Gasteiger partial charge in [0.05, 0.1) is 17.5 Å². The highest BCUT2D eigenvalue weighted by Crippen LogP contribution is 2.28. The Morgan fingerprint density at radius 1 is 0.966 bits per heavy atom. The third-order valence-corrected chi connectivity index (χ3v) is 4.86. The zero-order chi connectivity index (χ0) is 19.8. The summed E-state index contributed by atoms with van der Waals surface area (Å²) in [5, 5.41) is 19.6. The van der Waals surface area contributed by atoms with Crippen molar-refractivity contribution in [3.63, 3.8) is 0 Å². The van der Waals surface area contributed by atoms with Gasteiger partial charge in [-0.05, 0) is 35.0 Å². The molecular formula is C23H15N3O3. The molecule has 0 bridgehead atoms. The molecule has 0 unspecified atom stereocenters. The molecule has 2 aromatic heterocycles. The molecule has 0 radical (unpaired) electrons. The highest BCUT2D eigenvalue weighted by molar-refractivity contribution is 6.06. The Labute approximate surface area is 164 Å². The smallest absolute Gasteiger partial charge is 0.345 e. The van der Waals surface area contributed by atoms with Crippen LogP contribution >= 0.6 is 0 Å². The van der Waals surface area contributed by atoms with Crippen molar-refractivity contribution in [2.24, 2.45) is 5.16 Å². The van der Waals surface area contributed by atoms with Gasteiger partial charge >= 0.3 is 5.63 Å². The lowest BCUT2D eigenvalue weighted by atomic mass is 10.0. The van der Waals surface area contributed by atoms with Gasteiger partial charge in [0.15, 0.2) is 0 Å². The van der Waals surface area contributed by atoms with E-state index in [0.717, 1.165) is 21.8 Å². The van der Waals surface area contributed by atoms with Crippen LogP contribution < -0.4 is 5.63 Å². The SMILES string of the molecule is O=c1oc2ccc3ccccc3c2cc1-c1nn(-c2ccccc2)cc1/C=N\O. The molecular weight excluding hydrogens is 366 g/mol. The predicted octanol–water partition coefficient (Wildman–Crippen LogP) is 4.61. The summed E-state index contributed by atoms with van der Waals surface area (Å²) in [5.74, 6) is 0. The molecule has 6 heteroatoms. The summed E-state index contributed by atoms with van der Waals surface area (Å²) in [6.45, 7) is 0. The van der Waals surface area contributed by atoms with Crippen LogP contribution in [0.2, 0.25) is 0 Å². The molecule has 0 aliphatic carbocycles. The number of para-hydroxylation sites is 1. The van der Waals surface area contributed by atoms with Gasteiger partial charge in [-0.3, -0.25) is 0 Å². The number of hydrogen-bond donors (Lipinski definition) is 1. The van der Waals surface area contributed by atoms with E-state index < -0.39 is 5.63 Å². The number of aromatic nitrogens is 2. The molecule has 2 heterocycles. The Hall–Kier alpha value is -4.19. The quantitative estimate of drug-likeness (QED) is 0.163. The van der Waals surface area contributed by atoms with Crippen LogP contribution in [0.15, 0.2) is 93.4 Å². The highest BCUT2D eigenvalue weighted by atomic mass is 16.4. The maximum atomic E-state index is 12.7. The first kappa shape index (κ1) is 16.9. The molecule has 29 heavy (non-hydrogen) atoms. The van der Waals surface area contributed by atoms with E-state index in [1.165, 1.54) is 6.21 Å². The molecule has 0 saturated heterocycles. The summed E-state index contributed by atoms with van der Waals surface area (Å²) < 4.78 is 7.23. The van der Waals surface area contributed by atoms with Crippen LogP contribution in [0.3, 0.4) is 0 Å². The summed E-state index contributed by atoms with van der Waals surface area (Å²) in [6, 6.07) is 22.9. The molecule has 3 aromatic carbocycles. The average Bonchev–Trinajstić information content (AvgIpc) is 3.18. The lowest BCUT2D eigenvalue weighted by molar-refractivity contribution is 0.322. The molecule has 0 fully saturated rings.